The molecule has 1 aromatic carbocycles. The van der Waals surface area contributed by atoms with E-state index in [1.807, 2.05) is 26.0 Å². The van der Waals surface area contributed by atoms with E-state index in [1.54, 1.807) is 11.3 Å². The van der Waals surface area contributed by atoms with Crippen LogP contribution in [0.15, 0.2) is 29.6 Å². The molecule has 4 nitrogen and oxygen atoms in total. The van der Waals surface area contributed by atoms with E-state index < -0.39 is 0 Å². The molecule has 1 unspecified atom stereocenters. The Hall–Kier alpha value is -1.56. The van der Waals surface area contributed by atoms with Crippen molar-refractivity contribution in [2.45, 2.75) is 39.2 Å². The van der Waals surface area contributed by atoms with Gasteiger partial charge in [-0.2, -0.15) is 0 Å². The number of aryl methyl sites for hydroxylation is 2. The minimum absolute atomic E-state index is 0.0116. The summed E-state index contributed by atoms with van der Waals surface area (Å²) >= 11 is 7.94. The van der Waals surface area contributed by atoms with Crippen LogP contribution < -0.4 is 10.1 Å². The van der Waals surface area contributed by atoms with Gasteiger partial charge in [-0.1, -0.05) is 24.1 Å². The van der Waals surface area contributed by atoms with Crippen molar-refractivity contribution in [2.75, 3.05) is 26.2 Å². The van der Waals surface area contributed by atoms with Crippen molar-refractivity contribution in [2.24, 2.45) is 0 Å². The summed E-state index contributed by atoms with van der Waals surface area (Å²) in [5.74, 6) is 0.578. The summed E-state index contributed by atoms with van der Waals surface area (Å²) in [6.07, 6.45) is 3.76. The van der Waals surface area contributed by atoms with Crippen LogP contribution in [-0.2, 0) is 4.79 Å². The normalized spacial score (nSPS) is 16.1. The maximum Gasteiger partial charge on any atom is 0.258 e. The first-order valence-electron chi connectivity index (χ1n) is 9.48. The first-order chi connectivity index (χ1) is 13.0. The van der Waals surface area contributed by atoms with Crippen molar-refractivity contribution in [3.8, 4) is 5.75 Å². The summed E-state index contributed by atoms with van der Waals surface area (Å²) in [6, 6.07) is 8.21. The van der Waals surface area contributed by atoms with E-state index in [0.717, 1.165) is 29.2 Å². The number of rotatable bonds is 7. The number of carbonyl (C=O) groups is 1. The van der Waals surface area contributed by atoms with Crippen LogP contribution in [0.5, 0.6) is 5.75 Å². The molecule has 1 N–H and O–H groups in total. The largest absolute Gasteiger partial charge is 0.484 e. The molecule has 1 aromatic heterocycles. The summed E-state index contributed by atoms with van der Waals surface area (Å²) in [6.45, 7) is 6.69. The zero-order chi connectivity index (χ0) is 19.2. The zero-order valence-corrected chi connectivity index (χ0v) is 17.5. The fraction of sp³-hybridized carbons (Fsp3) is 0.476. The molecule has 0 bridgehead atoms. The van der Waals surface area contributed by atoms with E-state index in [-0.39, 0.29) is 18.6 Å². The van der Waals surface area contributed by atoms with E-state index in [2.05, 4.69) is 27.7 Å². The van der Waals surface area contributed by atoms with Crippen LogP contribution >= 0.6 is 22.9 Å². The number of hydrogen-bond acceptors (Lipinski definition) is 4. The minimum Gasteiger partial charge on any atom is -0.484 e. The van der Waals surface area contributed by atoms with Crippen LogP contribution in [0.3, 0.4) is 0 Å². The third-order valence-electron chi connectivity index (χ3n) is 4.98. The molecule has 0 spiro atoms. The highest BCUT2D eigenvalue weighted by atomic mass is 35.5. The smallest absolute Gasteiger partial charge is 0.258 e. The Morgan fingerprint density at radius 2 is 1.96 bits per heavy atom. The van der Waals surface area contributed by atoms with E-state index in [0.29, 0.717) is 12.3 Å². The number of hydrogen-bond donors (Lipinski definition) is 1. The highest BCUT2D eigenvalue weighted by molar-refractivity contribution is 7.10. The second kappa shape index (κ2) is 9.58. The van der Waals surface area contributed by atoms with Crippen molar-refractivity contribution < 1.29 is 9.53 Å². The van der Waals surface area contributed by atoms with Gasteiger partial charge in [0.05, 0.1) is 6.04 Å². The Labute approximate surface area is 170 Å². The van der Waals surface area contributed by atoms with Crippen LogP contribution in [0.4, 0.5) is 0 Å². The van der Waals surface area contributed by atoms with Gasteiger partial charge in [0.15, 0.2) is 6.61 Å². The van der Waals surface area contributed by atoms with Crippen LogP contribution in [0, 0.1) is 13.8 Å². The van der Waals surface area contributed by atoms with E-state index in [4.69, 9.17) is 16.3 Å². The highest BCUT2D eigenvalue weighted by Gasteiger charge is 2.23. The molecule has 2 heterocycles. The van der Waals surface area contributed by atoms with Gasteiger partial charge in [-0.3, -0.25) is 9.69 Å². The molecule has 1 aliphatic rings. The quantitative estimate of drug-likeness (QED) is 0.722. The van der Waals surface area contributed by atoms with Gasteiger partial charge in [-0.05, 0) is 74.5 Å². The van der Waals surface area contributed by atoms with Crippen LogP contribution in [0.1, 0.15) is 41.3 Å². The fourth-order valence-corrected chi connectivity index (χ4v) is 4.49. The van der Waals surface area contributed by atoms with Gasteiger partial charge >= 0.3 is 0 Å². The molecule has 1 saturated heterocycles. The average molecular weight is 407 g/mol. The maximum absolute atomic E-state index is 12.3. The number of nitrogens with zero attached hydrogens (tertiary/aromatic N) is 1. The number of ether oxygens (including phenoxy) is 1. The Balaban J connectivity index is 1.54. The van der Waals surface area contributed by atoms with Gasteiger partial charge < -0.3 is 10.1 Å². The van der Waals surface area contributed by atoms with Gasteiger partial charge in [-0.15, -0.1) is 11.3 Å². The molecule has 1 amide bonds. The van der Waals surface area contributed by atoms with Gasteiger partial charge in [0.2, 0.25) is 0 Å². The number of carbonyl (C=O) groups excluding carboxylic acids is 1. The molecular formula is C21H27ClN2O2S. The molecule has 0 radical (unpaired) electrons. The first kappa shape index (κ1) is 20.2. The number of likely N-dealkylation sites (tertiary alicyclic amines) is 1. The second-order valence-electron chi connectivity index (χ2n) is 7.09. The number of halogens is 1. The second-order valence-corrected chi connectivity index (χ2v) is 8.45. The molecular weight excluding hydrogens is 380 g/mol. The van der Waals surface area contributed by atoms with Crippen molar-refractivity contribution >= 4 is 28.8 Å². The molecule has 0 aliphatic carbocycles. The minimum atomic E-state index is -0.0983. The lowest BCUT2D eigenvalue weighted by atomic mass is 10.1. The molecule has 27 heavy (non-hydrogen) atoms. The lowest BCUT2D eigenvalue weighted by Crippen LogP contribution is -2.41. The molecule has 1 fully saturated rings. The highest BCUT2D eigenvalue weighted by Crippen LogP contribution is 2.28. The van der Waals surface area contributed by atoms with E-state index >= 15 is 0 Å². The van der Waals surface area contributed by atoms with Crippen molar-refractivity contribution in [1.29, 1.82) is 0 Å². The molecule has 1 aliphatic heterocycles. The predicted octanol–water partition coefficient (Wildman–Crippen LogP) is 4.74. The Morgan fingerprint density at radius 1 is 1.26 bits per heavy atom. The van der Waals surface area contributed by atoms with Crippen molar-refractivity contribution in [1.82, 2.24) is 10.2 Å². The molecule has 6 heteroatoms. The van der Waals surface area contributed by atoms with Gasteiger partial charge in [0.25, 0.3) is 5.91 Å². The summed E-state index contributed by atoms with van der Waals surface area (Å²) < 4.78 is 5.67. The average Bonchev–Trinajstić information content (AvgIpc) is 3.20. The van der Waals surface area contributed by atoms with Gasteiger partial charge in [0.1, 0.15) is 5.75 Å². The van der Waals surface area contributed by atoms with Gasteiger partial charge in [0, 0.05) is 16.4 Å². The van der Waals surface area contributed by atoms with Crippen LogP contribution in [-0.4, -0.2) is 37.0 Å². The van der Waals surface area contributed by atoms with Crippen molar-refractivity contribution in [3.05, 3.63) is 50.7 Å². The Bertz CT molecular complexity index is 735. The number of benzene rings is 1. The van der Waals surface area contributed by atoms with Crippen molar-refractivity contribution in [3.63, 3.8) is 0 Å². The molecule has 0 saturated carbocycles. The van der Waals surface area contributed by atoms with E-state index in [9.17, 15) is 4.79 Å². The number of thiophene rings is 1. The zero-order valence-electron chi connectivity index (χ0n) is 16.0. The summed E-state index contributed by atoms with van der Waals surface area (Å²) in [5, 5.41) is 5.90. The molecule has 1 atom stereocenters. The lowest BCUT2D eigenvalue weighted by Gasteiger charge is -2.34. The maximum atomic E-state index is 12.3. The van der Waals surface area contributed by atoms with E-state index in [1.165, 1.54) is 24.1 Å². The molecule has 3 rings (SSSR count). The Kier molecular flexibility index (Phi) is 7.16. The SMILES string of the molecule is Cc1cc(OCC(=O)NCC(c2cccs2)N2CCCCC2)cc(C)c1Cl. The third kappa shape index (κ3) is 5.47. The Morgan fingerprint density at radius 3 is 2.59 bits per heavy atom. The number of nitrogens with one attached hydrogen (secondary N) is 1. The fourth-order valence-electron chi connectivity index (χ4n) is 3.52. The molecule has 146 valence electrons. The van der Waals surface area contributed by atoms with Gasteiger partial charge in [-0.25, -0.2) is 0 Å². The standard InChI is InChI=1S/C21H27ClN2O2S/c1-15-11-17(12-16(2)21(15)22)26-14-20(25)23-13-18(19-7-6-10-27-19)24-8-4-3-5-9-24/h6-7,10-12,18H,3-5,8-9,13-14H2,1-2H3,(H,23,25). The summed E-state index contributed by atoms with van der Waals surface area (Å²) in [7, 11) is 0. The monoisotopic (exact) mass is 406 g/mol. The first-order valence-corrected chi connectivity index (χ1v) is 10.7. The lowest BCUT2D eigenvalue weighted by molar-refractivity contribution is -0.123. The third-order valence-corrected chi connectivity index (χ3v) is 6.55. The van der Waals surface area contributed by atoms with Crippen LogP contribution in [0.25, 0.3) is 0 Å². The number of piperidine rings is 1. The summed E-state index contributed by atoms with van der Waals surface area (Å²) in [5.41, 5.74) is 1.91. The summed E-state index contributed by atoms with van der Waals surface area (Å²) in [4.78, 5) is 16.1. The topological polar surface area (TPSA) is 41.6 Å². The van der Waals surface area contributed by atoms with Crippen LogP contribution in [0.2, 0.25) is 5.02 Å². The predicted molar refractivity (Wildman–Crippen MR) is 112 cm³/mol. The number of amides is 1. The molecule has 2 aromatic rings.